The molecule has 0 aromatic rings. The van der Waals surface area contributed by atoms with Crippen LogP contribution in [0.2, 0.25) is 0 Å². The summed E-state index contributed by atoms with van der Waals surface area (Å²) in [6.07, 6.45) is 0. The SMILES string of the molecule is [Mn+3].[Mn+3].[O-2].[O-2].[O-2]. The maximum atomic E-state index is 0. The molecule has 0 aliphatic carbocycles. The smallest absolute Gasteiger partial charge is 2.00 e. The van der Waals surface area contributed by atoms with Crippen molar-refractivity contribution in [3.63, 3.8) is 0 Å². The molecule has 0 atom stereocenters. The average molecular weight is 158 g/mol. The molecule has 0 radical (unpaired) electrons. The second-order valence-corrected chi connectivity index (χ2v) is 0. The fourth-order valence-electron chi connectivity index (χ4n) is 0. The van der Waals surface area contributed by atoms with Gasteiger partial charge in [0.1, 0.15) is 0 Å². The van der Waals surface area contributed by atoms with E-state index in [0.29, 0.717) is 0 Å². The molecule has 0 spiro atoms. The monoisotopic (exact) mass is 158 g/mol. The average Bonchev–Trinajstić information content (AvgIpc) is 0. The van der Waals surface area contributed by atoms with E-state index in [2.05, 4.69) is 0 Å². The van der Waals surface area contributed by atoms with E-state index in [9.17, 15) is 0 Å². The van der Waals surface area contributed by atoms with Crippen LogP contribution in [0.15, 0.2) is 0 Å². The van der Waals surface area contributed by atoms with Crippen molar-refractivity contribution >= 4 is 0 Å². The molecule has 0 N–H and O–H groups in total. The summed E-state index contributed by atoms with van der Waals surface area (Å²) in [5.41, 5.74) is 0. The summed E-state index contributed by atoms with van der Waals surface area (Å²) in [4.78, 5) is 0. The fraction of sp³-hybridized carbons (Fsp3) is 0. The van der Waals surface area contributed by atoms with Crippen LogP contribution in [-0.2, 0) is 50.6 Å². The van der Waals surface area contributed by atoms with Gasteiger partial charge in [0.25, 0.3) is 0 Å². The van der Waals surface area contributed by atoms with Crippen LogP contribution < -0.4 is 0 Å². The third-order valence-corrected chi connectivity index (χ3v) is 0. The Kier molecular flexibility index (Phi) is 3030. The van der Waals surface area contributed by atoms with Crippen LogP contribution in [0.4, 0.5) is 0 Å². The van der Waals surface area contributed by atoms with Crippen LogP contribution in [0.5, 0.6) is 0 Å². The predicted molar refractivity (Wildman–Crippen MR) is 2.06 cm³/mol. The zero-order valence-corrected chi connectivity index (χ0v) is 4.34. The minimum Gasteiger partial charge on any atom is -2.00 e. The van der Waals surface area contributed by atoms with E-state index in [4.69, 9.17) is 0 Å². The van der Waals surface area contributed by atoms with E-state index >= 15 is 0 Å². The largest absolute Gasteiger partial charge is 3.00 e. The van der Waals surface area contributed by atoms with Gasteiger partial charge in [0.2, 0.25) is 0 Å². The van der Waals surface area contributed by atoms with Gasteiger partial charge >= 0.3 is 34.1 Å². The summed E-state index contributed by atoms with van der Waals surface area (Å²) in [7, 11) is 0. The first-order valence-electron chi connectivity index (χ1n) is 0. The topological polar surface area (TPSA) is 85.5 Å². The molecule has 0 saturated heterocycles. The van der Waals surface area contributed by atoms with Gasteiger partial charge in [-0.15, -0.1) is 0 Å². The second-order valence-electron chi connectivity index (χ2n) is 0. The van der Waals surface area contributed by atoms with Crippen molar-refractivity contribution in [3.8, 4) is 0 Å². The summed E-state index contributed by atoms with van der Waals surface area (Å²) >= 11 is 0. The summed E-state index contributed by atoms with van der Waals surface area (Å²) in [6.45, 7) is 0. The minimum atomic E-state index is 0. The third kappa shape index (κ3) is 49.6. The molecule has 3 nitrogen and oxygen atoms in total. The maximum absolute atomic E-state index is 0. The van der Waals surface area contributed by atoms with Crippen molar-refractivity contribution in [2.45, 2.75) is 0 Å². The van der Waals surface area contributed by atoms with Crippen LogP contribution >= 0.6 is 0 Å². The molecule has 0 bridgehead atoms. The molecule has 0 rings (SSSR count). The Hall–Kier alpha value is 0.919. The Morgan fingerprint density at radius 2 is 0.400 bits per heavy atom. The van der Waals surface area contributed by atoms with E-state index < -0.39 is 0 Å². The molecule has 0 heterocycles. The first kappa shape index (κ1) is 170. The van der Waals surface area contributed by atoms with Crippen molar-refractivity contribution in [3.05, 3.63) is 0 Å². The van der Waals surface area contributed by atoms with E-state index in [1.807, 2.05) is 0 Å². The molecule has 0 aliphatic heterocycles. The zero-order valence-electron chi connectivity index (χ0n) is 1.98. The first-order valence-corrected chi connectivity index (χ1v) is 0. The van der Waals surface area contributed by atoms with Crippen LogP contribution in [0.25, 0.3) is 0 Å². The molecule has 5 heavy (non-hydrogen) atoms. The molecular weight excluding hydrogens is 158 g/mol. The summed E-state index contributed by atoms with van der Waals surface area (Å²) in [6, 6.07) is 0. The number of hydrogen-bond acceptors (Lipinski definition) is 0. The van der Waals surface area contributed by atoms with Crippen LogP contribution in [0.3, 0.4) is 0 Å². The Labute approximate surface area is 51.0 Å². The second kappa shape index (κ2) is 89.5. The van der Waals surface area contributed by atoms with Gasteiger partial charge in [0.15, 0.2) is 0 Å². The van der Waals surface area contributed by atoms with E-state index in [1.165, 1.54) is 0 Å². The first-order chi connectivity index (χ1) is 0. The Bertz CT molecular complexity index is 4.85. The van der Waals surface area contributed by atoms with Gasteiger partial charge in [-0.05, 0) is 0 Å². The molecule has 5 heteroatoms. The third-order valence-electron chi connectivity index (χ3n) is 0. The molecule has 0 amide bonds. The summed E-state index contributed by atoms with van der Waals surface area (Å²) < 4.78 is 0. The van der Waals surface area contributed by atoms with Crippen molar-refractivity contribution in [1.29, 1.82) is 0 Å². The van der Waals surface area contributed by atoms with Crippen molar-refractivity contribution in [2.24, 2.45) is 0 Å². The van der Waals surface area contributed by atoms with E-state index in [0.717, 1.165) is 0 Å². The zero-order chi connectivity index (χ0) is 0. The van der Waals surface area contributed by atoms with Gasteiger partial charge in [0, 0.05) is 0 Å². The van der Waals surface area contributed by atoms with E-state index in [1.54, 1.807) is 0 Å². The Morgan fingerprint density at radius 1 is 0.400 bits per heavy atom. The fourth-order valence-corrected chi connectivity index (χ4v) is 0. The molecule has 0 fully saturated rings. The predicted octanol–water partition coefficient (Wildman–Crippen LogP) is -0.361. The summed E-state index contributed by atoms with van der Waals surface area (Å²) in [5.74, 6) is 0. The molecule has 32 valence electrons. The quantitative estimate of drug-likeness (QED) is 0.431. The number of hydrogen-bond donors (Lipinski definition) is 0. The molecule has 0 saturated carbocycles. The molecular formula is Mn2O3. The van der Waals surface area contributed by atoms with Crippen LogP contribution in [0.1, 0.15) is 0 Å². The summed E-state index contributed by atoms with van der Waals surface area (Å²) in [5, 5.41) is 0. The standard InChI is InChI=1S/2Mn.3O/q2*+3;3*-2. The van der Waals surface area contributed by atoms with Crippen molar-refractivity contribution in [1.82, 2.24) is 0 Å². The van der Waals surface area contributed by atoms with E-state index in [-0.39, 0.29) is 50.6 Å². The van der Waals surface area contributed by atoms with Crippen LogP contribution in [0, 0.1) is 0 Å². The maximum Gasteiger partial charge on any atom is 3.00 e. The normalized spacial score (nSPS) is 0. The molecule has 0 aliphatic rings. The molecule has 0 aromatic carbocycles. The number of rotatable bonds is 0. The van der Waals surface area contributed by atoms with Gasteiger partial charge in [-0.2, -0.15) is 0 Å². The minimum absolute atomic E-state index is 0. The molecule has 0 aromatic heterocycles. The Morgan fingerprint density at radius 3 is 0.400 bits per heavy atom. The van der Waals surface area contributed by atoms with Crippen molar-refractivity contribution < 1.29 is 50.6 Å². The van der Waals surface area contributed by atoms with Crippen molar-refractivity contribution in [2.75, 3.05) is 0 Å². The molecule has 0 unspecified atom stereocenters. The van der Waals surface area contributed by atoms with Gasteiger partial charge < -0.3 is 16.4 Å². The van der Waals surface area contributed by atoms with Gasteiger partial charge in [-0.1, -0.05) is 0 Å². The van der Waals surface area contributed by atoms with Crippen LogP contribution in [-0.4, -0.2) is 0 Å². The Balaban J connectivity index is 0. The van der Waals surface area contributed by atoms with Gasteiger partial charge in [-0.25, -0.2) is 0 Å². The van der Waals surface area contributed by atoms with Gasteiger partial charge in [-0.3, -0.25) is 0 Å². The van der Waals surface area contributed by atoms with Gasteiger partial charge in [0.05, 0.1) is 0 Å².